The van der Waals surface area contributed by atoms with Crippen LogP contribution in [0.2, 0.25) is 4.34 Å². The fourth-order valence-corrected chi connectivity index (χ4v) is 4.14. The number of amides is 1. The van der Waals surface area contributed by atoms with Crippen molar-refractivity contribution in [1.82, 2.24) is 5.32 Å². The standard InChI is InChI=1S/C20H17ClN2O3S/c1-25-16-7-6-12-4-2-3-5-13(12)14(16)11-22-20(24)17-10-15(23-26-17)18-8-9-19(21)27-18/h2-9,17H,10-11H2,1H3,(H,22,24). The van der Waals surface area contributed by atoms with Crippen LogP contribution in [0.1, 0.15) is 16.9 Å². The first kappa shape index (κ1) is 17.8. The first-order chi connectivity index (χ1) is 13.2. The van der Waals surface area contributed by atoms with Crippen molar-refractivity contribution in [2.45, 2.75) is 19.1 Å². The highest BCUT2D eigenvalue weighted by Gasteiger charge is 2.29. The number of hydrogen-bond acceptors (Lipinski definition) is 5. The predicted octanol–water partition coefficient (Wildman–Crippen LogP) is 4.37. The maximum atomic E-state index is 12.6. The molecule has 3 aromatic rings. The molecule has 1 unspecified atom stereocenters. The molecule has 0 bridgehead atoms. The molecule has 0 saturated carbocycles. The van der Waals surface area contributed by atoms with Gasteiger partial charge in [0, 0.05) is 18.5 Å². The lowest BCUT2D eigenvalue weighted by molar-refractivity contribution is -0.131. The van der Waals surface area contributed by atoms with E-state index < -0.39 is 6.10 Å². The number of halogens is 1. The van der Waals surface area contributed by atoms with Crippen molar-refractivity contribution in [3.05, 3.63) is 63.3 Å². The lowest BCUT2D eigenvalue weighted by Gasteiger charge is -2.14. The first-order valence-electron chi connectivity index (χ1n) is 8.46. The Labute approximate surface area is 165 Å². The first-order valence-corrected chi connectivity index (χ1v) is 9.66. The molecule has 5 nitrogen and oxygen atoms in total. The van der Waals surface area contributed by atoms with Gasteiger partial charge in [-0.1, -0.05) is 47.1 Å². The molecule has 0 spiro atoms. The molecule has 1 aliphatic rings. The lowest BCUT2D eigenvalue weighted by Crippen LogP contribution is -2.34. The average Bonchev–Trinajstić information content (AvgIpc) is 3.34. The van der Waals surface area contributed by atoms with Gasteiger partial charge in [0.05, 0.1) is 16.3 Å². The van der Waals surface area contributed by atoms with Crippen molar-refractivity contribution in [3.8, 4) is 5.75 Å². The summed E-state index contributed by atoms with van der Waals surface area (Å²) in [4.78, 5) is 18.8. The number of oxime groups is 1. The van der Waals surface area contributed by atoms with E-state index in [4.69, 9.17) is 21.2 Å². The van der Waals surface area contributed by atoms with Gasteiger partial charge in [0.1, 0.15) is 11.5 Å². The zero-order valence-corrected chi connectivity index (χ0v) is 16.1. The number of carbonyl (C=O) groups excluding carboxylic acids is 1. The SMILES string of the molecule is COc1ccc2ccccc2c1CNC(=O)C1CC(c2ccc(Cl)s2)=NO1. The fraction of sp³-hybridized carbons (Fsp3) is 0.200. The van der Waals surface area contributed by atoms with E-state index in [1.165, 1.54) is 11.3 Å². The van der Waals surface area contributed by atoms with E-state index in [9.17, 15) is 4.79 Å². The van der Waals surface area contributed by atoms with Crippen LogP contribution in [0.25, 0.3) is 10.8 Å². The van der Waals surface area contributed by atoms with Crippen LogP contribution in [0, 0.1) is 0 Å². The number of rotatable bonds is 5. The zero-order chi connectivity index (χ0) is 18.8. The largest absolute Gasteiger partial charge is 0.496 e. The van der Waals surface area contributed by atoms with Gasteiger partial charge in [0.2, 0.25) is 6.10 Å². The predicted molar refractivity (Wildman–Crippen MR) is 108 cm³/mol. The number of ether oxygens (including phenoxy) is 1. The van der Waals surface area contributed by atoms with Crippen LogP contribution in [0.5, 0.6) is 5.75 Å². The number of carbonyl (C=O) groups is 1. The molecule has 1 amide bonds. The molecular weight excluding hydrogens is 384 g/mol. The molecule has 0 aliphatic carbocycles. The van der Waals surface area contributed by atoms with Gasteiger partial charge in [0.15, 0.2) is 0 Å². The highest BCUT2D eigenvalue weighted by Crippen LogP contribution is 2.29. The molecule has 1 aliphatic heterocycles. The van der Waals surface area contributed by atoms with Crippen molar-refractivity contribution in [1.29, 1.82) is 0 Å². The van der Waals surface area contributed by atoms with E-state index in [2.05, 4.69) is 10.5 Å². The van der Waals surface area contributed by atoms with E-state index in [1.54, 1.807) is 7.11 Å². The highest BCUT2D eigenvalue weighted by molar-refractivity contribution is 7.18. The summed E-state index contributed by atoms with van der Waals surface area (Å²) in [6.45, 7) is 0.351. The molecule has 0 fully saturated rings. The van der Waals surface area contributed by atoms with Crippen molar-refractivity contribution >= 4 is 45.3 Å². The maximum Gasteiger partial charge on any atom is 0.264 e. The Morgan fingerprint density at radius 2 is 2.15 bits per heavy atom. The van der Waals surface area contributed by atoms with E-state index in [0.29, 0.717) is 17.3 Å². The number of benzene rings is 2. The smallest absolute Gasteiger partial charge is 0.264 e. The molecular formula is C20H17ClN2O3S. The van der Waals surface area contributed by atoms with Gasteiger partial charge in [-0.2, -0.15) is 0 Å². The summed E-state index contributed by atoms with van der Waals surface area (Å²) < 4.78 is 6.16. The van der Waals surface area contributed by atoms with Crippen LogP contribution in [0.15, 0.2) is 53.7 Å². The molecule has 1 atom stereocenters. The maximum absolute atomic E-state index is 12.6. The van der Waals surface area contributed by atoms with Crippen LogP contribution in [-0.2, 0) is 16.2 Å². The Morgan fingerprint density at radius 3 is 2.93 bits per heavy atom. The van der Waals surface area contributed by atoms with Crippen molar-refractivity contribution in [3.63, 3.8) is 0 Å². The summed E-state index contributed by atoms with van der Waals surface area (Å²) in [5, 5.41) is 9.14. The number of thiophene rings is 1. The number of methoxy groups -OCH3 is 1. The van der Waals surface area contributed by atoms with E-state index >= 15 is 0 Å². The van der Waals surface area contributed by atoms with Gasteiger partial charge in [-0.05, 0) is 29.0 Å². The summed E-state index contributed by atoms with van der Waals surface area (Å²) >= 11 is 7.38. The molecule has 0 radical (unpaired) electrons. The summed E-state index contributed by atoms with van der Waals surface area (Å²) in [5.41, 5.74) is 1.68. The number of fused-ring (bicyclic) bond motifs is 1. The zero-order valence-electron chi connectivity index (χ0n) is 14.6. The quantitative estimate of drug-likeness (QED) is 0.691. The third kappa shape index (κ3) is 3.63. The topological polar surface area (TPSA) is 59.9 Å². The lowest BCUT2D eigenvalue weighted by atomic mass is 10.0. The van der Waals surface area contributed by atoms with Gasteiger partial charge < -0.3 is 14.9 Å². The average molecular weight is 401 g/mol. The summed E-state index contributed by atoms with van der Waals surface area (Å²) in [5.74, 6) is 0.540. The summed E-state index contributed by atoms with van der Waals surface area (Å²) in [6.07, 6.45) is -0.211. The van der Waals surface area contributed by atoms with Gasteiger partial charge in [-0.15, -0.1) is 11.3 Å². The van der Waals surface area contributed by atoms with E-state index in [1.807, 2.05) is 48.5 Å². The molecule has 4 rings (SSSR count). The number of nitrogens with zero attached hydrogens (tertiary/aromatic N) is 1. The van der Waals surface area contributed by atoms with Gasteiger partial charge in [-0.3, -0.25) is 4.79 Å². The Morgan fingerprint density at radius 1 is 1.30 bits per heavy atom. The third-order valence-electron chi connectivity index (χ3n) is 4.48. The Kier molecular flexibility index (Phi) is 5.01. The van der Waals surface area contributed by atoms with Gasteiger partial charge in [-0.25, -0.2) is 0 Å². The van der Waals surface area contributed by atoms with Gasteiger partial charge in [0.25, 0.3) is 5.91 Å². The molecule has 27 heavy (non-hydrogen) atoms. The molecule has 0 saturated heterocycles. The Balaban J connectivity index is 1.45. The fourth-order valence-electron chi connectivity index (χ4n) is 3.11. The molecule has 7 heteroatoms. The minimum Gasteiger partial charge on any atom is -0.496 e. The second kappa shape index (κ2) is 7.58. The second-order valence-corrected chi connectivity index (χ2v) is 7.84. The van der Waals surface area contributed by atoms with Crippen molar-refractivity contribution in [2.24, 2.45) is 5.16 Å². The molecule has 2 aromatic carbocycles. The third-order valence-corrected chi connectivity index (χ3v) is 5.76. The van der Waals surface area contributed by atoms with Crippen molar-refractivity contribution < 1.29 is 14.4 Å². The monoisotopic (exact) mass is 400 g/mol. The minimum absolute atomic E-state index is 0.202. The minimum atomic E-state index is -0.637. The van der Waals surface area contributed by atoms with E-state index in [-0.39, 0.29) is 5.91 Å². The summed E-state index contributed by atoms with van der Waals surface area (Å²) in [6, 6.07) is 15.6. The highest BCUT2D eigenvalue weighted by atomic mass is 35.5. The molecule has 2 heterocycles. The van der Waals surface area contributed by atoms with Crippen LogP contribution < -0.4 is 10.1 Å². The number of nitrogens with one attached hydrogen (secondary N) is 1. The van der Waals surface area contributed by atoms with E-state index in [0.717, 1.165) is 32.7 Å². The van der Waals surface area contributed by atoms with Gasteiger partial charge >= 0.3 is 0 Å². The van der Waals surface area contributed by atoms with Crippen molar-refractivity contribution in [2.75, 3.05) is 7.11 Å². The normalized spacial score (nSPS) is 16.1. The Hall–Kier alpha value is -2.57. The molecule has 1 aromatic heterocycles. The van der Waals surface area contributed by atoms with Crippen LogP contribution in [0.4, 0.5) is 0 Å². The van der Waals surface area contributed by atoms with Crippen LogP contribution in [0.3, 0.4) is 0 Å². The molecule has 138 valence electrons. The van der Waals surface area contributed by atoms with Crippen LogP contribution in [-0.4, -0.2) is 24.8 Å². The van der Waals surface area contributed by atoms with Crippen LogP contribution >= 0.6 is 22.9 Å². The number of hydrogen-bond donors (Lipinski definition) is 1. The molecule has 1 N–H and O–H groups in total. The summed E-state index contributed by atoms with van der Waals surface area (Å²) in [7, 11) is 1.63. The Bertz CT molecular complexity index is 1030. The second-order valence-electron chi connectivity index (χ2n) is 6.13.